The minimum absolute atomic E-state index is 0.181. The first-order valence-corrected chi connectivity index (χ1v) is 23.7. The number of aliphatic hydroxyl groups is 4. The predicted molar refractivity (Wildman–Crippen MR) is 246 cm³/mol. The van der Waals surface area contributed by atoms with Gasteiger partial charge in [0.15, 0.2) is 11.4 Å². The van der Waals surface area contributed by atoms with E-state index in [1.165, 1.54) is 47.0 Å². The molecule has 8 N–H and O–H groups in total. The van der Waals surface area contributed by atoms with Gasteiger partial charge < -0.3 is 36.6 Å². The number of rotatable bonds is 16. The summed E-state index contributed by atoms with van der Waals surface area (Å²) in [6, 6.07) is 34.0. The fourth-order valence-corrected chi connectivity index (χ4v) is 14.8. The molecule has 4 aromatic carbocycles. The van der Waals surface area contributed by atoms with Crippen molar-refractivity contribution in [2.45, 2.75) is 82.0 Å². The number of anilines is 1. The second-order valence-corrected chi connectivity index (χ2v) is 20.9. The summed E-state index contributed by atoms with van der Waals surface area (Å²) in [5, 5.41) is 64.8. The van der Waals surface area contributed by atoms with Crippen molar-refractivity contribution in [1.29, 1.82) is 0 Å². The number of nitrogens with one attached hydrogen (secondary N) is 1. The zero-order valence-corrected chi connectivity index (χ0v) is 36.8. The van der Waals surface area contributed by atoms with E-state index in [1.807, 2.05) is 0 Å². The lowest BCUT2D eigenvalue weighted by Gasteiger charge is -2.53. The molecule has 0 saturated heterocycles. The van der Waals surface area contributed by atoms with Gasteiger partial charge in [-0.15, -0.1) is 0 Å². The van der Waals surface area contributed by atoms with Crippen LogP contribution >= 0.6 is 7.26 Å². The van der Waals surface area contributed by atoms with E-state index in [0.717, 1.165) is 44.7 Å². The number of hydrogen-bond acceptors (Lipinski definition) is 10. The molecule has 2 amide bonds. The number of nitrogens with two attached hydrogens (primary N) is 1. The lowest BCUT2D eigenvalue weighted by molar-refractivity contribution is -0.169. The molecule has 0 unspecified atom stereocenters. The molecule has 0 spiro atoms. The third-order valence-electron chi connectivity index (χ3n) is 13.4. The minimum atomic E-state index is -3.01. The van der Waals surface area contributed by atoms with E-state index in [4.69, 9.17) is 5.73 Å². The van der Waals surface area contributed by atoms with Crippen LogP contribution in [0.25, 0.3) is 5.76 Å². The highest BCUT2D eigenvalue weighted by Crippen LogP contribution is 2.58. The summed E-state index contributed by atoms with van der Waals surface area (Å²) in [5.41, 5.74) is 1.26. The van der Waals surface area contributed by atoms with Crippen LogP contribution in [0.5, 0.6) is 5.75 Å². The van der Waals surface area contributed by atoms with Crippen molar-refractivity contribution in [2.24, 2.45) is 17.6 Å². The van der Waals surface area contributed by atoms with Crippen LogP contribution in [0.2, 0.25) is 0 Å². The Morgan fingerprint density at radius 2 is 1.27 bits per heavy atom. The van der Waals surface area contributed by atoms with Crippen LogP contribution in [0.4, 0.5) is 5.69 Å². The lowest BCUT2D eigenvalue weighted by Crippen LogP contribution is -2.70. The van der Waals surface area contributed by atoms with Gasteiger partial charge in [-0.05, 0) is 93.4 Å². The Labute approximate surface area is 368 Å². The third-order valence-corrected chi connectivity index (χ3v) is 17.9. The Morgan fingerprint density at radius 3 is 1.78 bits per heavy atom. The number of nitrogens with zero attached hydrogens (tertiary/aromatic N) is 1. The minimum Gasteiger partial charge on any atom is -0.508 e. The highest BCUT2D eigenvalue weighted by Gasteiger charge is 2.68. The van der Waals surface area contributed by atoms with Crippen LogP contribution in [-0.4, -0.2) is 91.8 Å². The molecular formula is C50H57N3O9P+. The zero-order chi connectivity index (χ0) is 45.2. The van der Waals surface area contributed by atoms with Gasteiger partial charge in [-0.2, -0.15) is 0 Å². The van der Waals surface area contributed by atoms with Crippen LogP contribution in [0.1, 0.15) is 75.3 Å². The number of carbonyl (C=O) groups is 4. The number of ketones is 2. The molecule has 1 saturated carbocycles. The molecule has 0 heterocycles. The predicted octanol–water partition coefficient (Wildman–Crippen LogP) is 5.55. The number of fused-ring (bicyclic) bond motifs is 3. The summed E-state index contributed by atoms with van der Waals surface area (Å²) in [6.45, 7) is 1.64. The monoisotopic (exact) mass is 874 g/mol. The van der Waals surface area contributed by atoms with Gasteiger partial charge in [-0.25, -0.2) is 0 Å². The van der Waals surface area contributed by atoms with Gasteiger partial charge in [0.05, 0.1) is 29.8 Å². The van der Waals surface area contributed by atoms with E-state index in [1.54, 1.807) is 6.92 Å². The Balaban J connectivity index is 0.991. The van der Waals surface area contributed by atoms with E-state index in [2.05, 4.69) is 96.3 Å². The van der Waals surface area contributed by atoms with Crippen LogP contribution < -0.4 is 27.0 Å². The SMILES string of the molecule is C[C@H]1c2c(NC(=O)CCCCCCCCC[P+](c3ccccc3)(c3ccccc3)c3ccccc3)ccc(O)c2C(O)=C2C(=O)[C@]3(O)C(O)=C(C(N)=O)C(=O)[C@@H](N(C)C)[C@@H]3[C@@H](O)[C@@H]21. The molecule has 4 aromatic rings. The zero-order valence-electron chi connectivity index (χ0n) is 35.9. The first-order chi connectivity index (χ1) is 30.2. The number of phenols is 1. The molecule has 330 valence electrons. The van der Waals surface area contributed by atoms with Crippen LogP contribution in [0.3, 0.4) is 0 Å². The highest BCUT2D eigenvalue weighted by atomic mass is 31.2. The molecule has 3 aliphatic rings. The summed E-state index contributed by atoms with van der Waals surface area (Å²) in [5.74, 6) is -10.2. The number of primary amides is 1. The van der Waals surface area contributed by atoms with E-state index in [-0.39, 0.29) is 29.1 Å². The normalized spacial score (nSPS) is 23.3. The fourth-order valence-electron chi connectivity index (χ4n) is 10.4. The summed E-state index contributed by atoms with van der Waals surface area (Å²) in [7, 11) is 1.04. The Morgan fingerprint density at radius 1 is 0.762 bits per heavy atom. The lowest BCUT2D eigenvalue weighted by atomic mass is 9.54. The maximum absolute atomic E-state index is 14.3. The van der Waals surface area contributed by atoms with Crippen LogP contribution in [-0.2, 0) is 19.2 Å². The number of amides is 2. The van der Waals surface area contributed by atoms with Gasteiger partial charge in [0.1, 0.15) is 46.0 Å². The number of hydrogen-bond donors (Lipinski definition) is 7. The van der Waals surface area contributed by atoms with Crippen molar-refractivity contribution in [2.75, 3.05) is 25.6 Å². The number of phenolic OH excluding ortho intramolecular Hbond substituents is 1. The van der Waals surface area contributed by atoms with Gasteiger partial charge in [0.2, 0.25) is 11.7 Å². The van der Waals surface area contributed by atoms with Crippen molar-refractivity contribution in [3.63, 3.8) is 0 Å². The molecule has 6 atom stereocenters. The van der Waals surface area contributed by atoms with E-state index >= 15 is 0 Å². The molecule has 3 aliphatic carbocycles. The van der Waals surface area contributed by atoms with Crippen LogP contribution in [0, 0.1) is 11.8 Å². The first-order valence-electron chi connectivity index (χ1n) is 21.7. The standard InChI is InChI=1S/C50H56N3O9P/c1-30-37-34(27-28-35(54)39(37)44(56)40-38(30)45(57)42-43(53(2)3)46(58)41(49(51)61)48(60)50(42,62)47(40)59)52-36(55)26-18-7-5-4-6-8-19-29-63(31-20-12-9-13-21-31,32-22-14-10-15-23-32)33-24-16-11-17-25-33/h9-17,20-25,27-28,30,38,42-43,45,57,62H,4-8,18-19,26,29H2,1-3H3,(H5-,51,52,54,55,56,58,59,60,61)/p+1/t30-,38+,42+,43-,45-,50-/m0/s1. The maximum Gasteiger partial charge on any atom is 0.255 e. The summed E-state index contributed by atoms with van der Waals surface area (Å²) in [6.07, 6.45) is 6.33. The largest absolute Gasteiger partial charge is 0.508 e. The second kappa shape index (κ2) is 18.6. The van der Waals surface area contributed by atoms with Crippen molar-refractivity contribution >= 4 is 58.0 Å². The summed E-state index contributed by atoms with van der Waals surface area (Å²) < 4.78 is 0. The summed E-state index contributed by atoms with van der Waals surface area (Å²) >= 11 is 0. The maximum atomic E-state index is 14.3. The molecule has 0 radical (unpaired) electrons. The van der Waals surface area contributed by atoms with E-state index in [9.17, 15) is 44.7 Å². The average molecular weight is 875 g/mol. The van der Waals surface area contributed by atoms with Crippen molar-refractivity contribution in [3.8, 4) is 5.75 Å². The molecule has 1 fully saturated rings. The quantitative estimate of drug-likeness (QED) is 0.0323. The Hall–Kier alpha value is -5.65. The smallest absolute Gasteiger partial charge is 0.255 e. The van der Waals surface area contributed by atoms with Crippen molar-refractivity contribution in [1.82, 2.24) is 4.90 Å². The summed E-state index contributed by atoms with van der Waals surface area (Å²) in [4.78, 5) is 54.8. The number of Topliss-reactive ketones (excluding diaryl/α,β-unsaturated/α-hetero) is 2. The van der Waals surface area contributed by atoms with Gasteiger partial charge in [0.25, 0.3) is 5.91 Å². The first kappa shape index (κ1) is 45.4. The number of carbonyl (C=O) groups excluding carboxylic acids is 4. The fraction of sp³-hybridized carbons (Fsp3) is 0.360. The third kappa shape index (κ3) is 7.99. The number of benzene rings is 4. The van der Waals surface area contributed by atoms with E-state index < -0.39 is 88.7 Å². The molecule has 0 aliphatic heterocycles. The molecular weight excluding hydrogens is 818 g/mol. The average Bonchev–Trinajstić information content (AvgIpc) is 3.27. The van der Waals surface area contributed by atoms with E-state index in [0.29, 0.717) is 6.42 Å². The van der Waals surface area contributed by atoms with Gasteiger partial charge in [-0.1, -0.05) is 87.2 Å². The number of aromatic hydroxyl groups is 1. The molecule has 0 bridgehead atoms. The molecule has 7 rings (SSSR count). The second-order valence-electron chi connectivity index (χ2n) is 17.3. The van der Waals surface area contributed by atoms with Gasteiger partial charge >= 0.3 is 0 Å². The molecule has 13 heteroatoms. The number of unbranched alkanes of at least 4 members (excludes halogenated alkanes) is 6. The highest BCUT2D eigenvalue weighted by molar-refractivity contribution is 7.95. The van der Waals surface area contributed by atoms with Crippen molar-refractivity contribution < 1.29 is 44.7 Å². The molecule has 12 nitrogen and oxygen atoms in total. The Kier molecular flexibility index (Phi) is 13.4. The molecule has 63 heavy (non-hydrogen) atoms. The topological polar surface area (TPSA) is 211 Å². The van der Waals surface area contributed by atoms with Crippen LogP contribution in [0.15, 0.2) is 120 Å². The molecule has 0 aromatic heterocycles. The van der Waals surface area contributed by atoms with Gasteiger partial charge in [-0.3, -0.25) is 24.1 Å². The van der Waals surface area contributed by atoms with Gasteiger partial charge in [0, 0.05) is 23.6 Å². The number of aliphatic hydroxyl groups excluding tert-OH is 3. The Bertz CT molecular complexity index is 2340. The number of likely N-dealkylation sites (N-methyl/N-ethyl adjacent to an activating group) is 1. The van der Waals surface area contributed by atoms with Crippen molar-refractivity contribution in [3.05, 3.63) is 131 Å².